The first-order valence-electron chi connectivity index (χ1n) is 7.39. The number of aromatic nitrogens is 2. The molecule has 0 fully saturated rings. The molecule has 1 aromatic heterocycles. The Hall–Kier alpha value is -1.61. The van der Waals surface area contributed by atoms with E-state index >= 15 is 0 Å². The molecular weight excluding hydrogens is 246 g/mol. The average Bonchev–Trinajstić information content (AvgIpc) is 2.84. The minimum absolute atomic E-state index is 0.491. The van der Waals surface area contributed by atoms with Gasteiger partial charge in [-0.1, -0.05) is 44.2 Å². The van der Waals surface area contributed by atoms with Gasteiger partial charge in [0, 0.05) is 31.4 Å². The maximum atomic E-state index is 4.27. The summed E-state index contributed by atoms with van der Waals surface area (Å²) in [6.07, 6.45) is 2.89. The molecule has 0 amide bonds. The van der Waals surface area contributed by atoms with Crippen LogP contribution in [0.15, 0.2) is 42.6 Å². The maximum Gasteiger partial charge on any atom is 0.0492 e. The zero-order valence-electron chi connectivity index (χ0n) is 12.7. The Labute approximate surface area is 122 Å². The monoisotopic (exact) mass is 271 g/mol. The predicted octanol–water partition coefficient (Wildman–Crippen LogP) is 2.99. The van der Waals surface area contributed by atoms with Crippen LogP contribution in [0.25, 0.3) is 0 Å². The molecule has 3 nitrogen and oxygen atoms in total. The molecule has 0 spiro atoms. The molecule has 0 saturated carbocycles. The summed E-state index contributed by atoms with van der Waals surface area (Å²) in [7, 11) is 2.01. The Morgan fingerprint density at radius 3 is 2.45 bits per heavy atom. The minimum Gasteiger partial charge on any atom is -0.316 e. The van der Waals surface area contributed by atoms with Gasteiger partial charge in [-0.2, -0.15) is 5.10 Å². The highest BCUT2D eigenvalue weighted by atomic mass is 15.2. The van der Waals surface area contributed by atoms with Crippen molar-refractivity contribution < 1.29 is 0 Å². The zero-order valence-corrected chi connectivity index (χ0v) is 12.7. The molecule has 20 heavy (non-hydrogen) atoms. The van der Waals surface area contributed by atoms with Crippen molar-refractivity contribution in [3.8, 4) is 0 Å². The lowest BCUT2D eigenvalue weighted by Gasteiger charge is -2.19. The Balaban J connectivity index is 2.06. The van der Waals surface area contributed by atoms with Crippen LogP contribution in [0, 0.1) is 5.92 Å². The van der Waals surface area contributed by atoms with Crippen LogP contribution in [0.2, 0.25) is 0 Å². The van der Waals surface area contributed by atoms with Crippen LogP contribution in [0.1, 0.15) is 31.0 Å². The SMILES string of the molecule is CC(C)CNCC(Cc1ccnn1C)c1ccccc1. The molecule has 0 radical (unpaired) electrons. The number of nitrogens with one attached hydrogen (secondary N) is 1. The van der Waals surface area contributed by atoms with Crippen molar-refractivity contribution in [3.63, 3.8) is 0 Å². The summed E-state index contributed by atoms with van der Waals surface area (Å²) in [6, 6.07) is 12.9. The second kappa shape index (κ2) is 7.25. The van der Waals surface area contributed by atoms with E-state index in [2.05, 4.69) is 60.7 Å². The molecule has 0 aliphatic rings. The molecule has 0 aliphatic heterocycles. The van der Waals surface area contributed by atoms with Gasteiger partial charge in [-0.05, 0) is 30.5 Å². The van der Waals surface area contributed by atoms with Gasteiger partial charge in [-0.3, -0.25) is 4.68 Å². The fourth-order valence-electron chi connectivity index (χ4n) is 2.43. The van der Waals surface area contributed by atoms with E-state index in [1.165, 1.54) is 11.3 Å². The van der Waals surface area contributed by atoms with Crippen LogP contribution in [0.3, 0.4) is 0 Å². The Morgan fingerprint density at radius 1 is 1.10 bits per heavy atom. The molecule has 2 rings (SSSR count). The molecule has 0 bridgehead atoms. The highest BCUT2D eigenvalue weighted by Gasteiger charge is 2.14. The Kier molecular flexibility index (Phi) is 5.36. The van der Waals surface area contributed by atoms with Crippen LogP contribution < -0.4 is 5.32 Å². The van der Waals surface area contributed by atoms with Gasteiger partial charge in [-0.15, -0.1) is 0 Å². The summed E-state index contributed by atoms with van der Waals surface area (Å²) in [6.45, 7) is 6.55. The lowest BCUT2D eigenvalue weighted by Crippen LogP contribution is -2.27. The van der Waals surface area contributed by atoms with Crippen LogP contribution in [-0.2, 0) is 13.5 Å². The van der Waals surface area contributed by atoms with Crippen molar-refractivity contribution in [1.82, 2.24) is 15.1 Å². The standard InChI is InChI=1S/C17H25N3/c1-14(2)12-18-13-16(15-7-5-4-6-8-15)11-17-9-10-19-20(17)3/h4-10,14,16,18H,11-13H2,1-3H3. The predicted molar refractivity (Wildman–Crippen MR) is 83.8 cm³/mol. The highest BCUT2D eigenvalue weighted by Crippen LogP contribution is 2.20. The van der Waals surface area contributed by atoms with Crippen LogP contribution >= 0.6 is 0 Å². The number of hydrogen-bond donors (Lipinski definition) is 1. The molecule has 2 aromatic rings. The van der Waals surface area contributed by atoms with Crippen LogP contribution in [0.4, 0.5) is 0 Å². The molecule has 0 aliphatic carbocycles. The van der Waals surface area contributed by atoms with E-state index in [4.69, 9.17) is 0 Å². The first-order chi connectivity index (χ1) is 9.66. The van der Waals surface area contributed by atoms with Gasteiger partial charge in [0.25, 0.3) is 0 Å². The third kappa shape index (κ3) is 4.20. The van der Waals surface area contributed by atoms with Gasteiger partial charge in [0.15, 0.2) is 0 Å². The zero-order chi connectivity index (χ0) is 14.4. The van der Waals surface area contributed by atoms with Crippen molar-refractivity contribution in [3.05, 3.63) is 53.9 Å². The Morgan fingerprint density at radius 2 is 1.85 bits per heavy atom. The summed E-state index contributed by atoms with van der Waals surface area (Å²) in [5.41, 5.74) is 2.68. The molecular formula is C17H25N3. The van der Waals surface area contributed by atoms with E-state index in [0.29, 0.717) is 11.8 Å². The van der Waals surface area contributed by atoms with E-state index < -0.39 is 0 Å². The van der Waals surface area contributed by atoms with E-state index in [1.54, 1.807) is 0 Å². The topological polar surface area (TPSA) is 29.9 Å². The number of hydrogen-bond acceptors (Lipinski definition) is 2. The summed E-state index contributed by atoms with van der Waals surface area (Å²) >= 11 is 0. The third-order valence-electron chi connectivity index (χ3n) is 3.59. The normalized spacial score (nSPS) is 12.8. The molecule has 3 heteroatoms. The van der Waals surface area contributed by atoms with Crippen molar-refractivity contribution in [2.75, 3.05) is 13.1 Å². The number of rotatable bonds is 7. The second-order valence-electron chi connectivity index (χ2n) is 5.81. The lowest BCUT2D eigenvalue weighted by atomic mass is 9.94. The Bertz CT molecular complexity index is 502. The van der Waals surface area contributed by atoms with Crippen molar-refractivity contribution >= 4 is 0 Å². The fourth-order valence-corrected chi connectivity index (χ4v) is 2.43. The first-order valence-corrected chi connectivity index (χ1v) is 7.39. The van der Waals surface area contributed by atoms with Gasteiger partial charge in [0.2, 0.25) is 0 Å². The minimum atomic E-state index is 0.491. The highest BCUT2D eigenvalue weighted by molar-refractivity contribution is 5.22. The van der Waals surface area contributed by atoms with Crippen LogP contribution in [0.5, 0.6) is 0 Å². The number of aryl methyl sites for hydroxylation is 1. The lowest BCUT2D eigenvalue weighted by molar-refractivity contribution is 0.507. The largest absolute Gasteiger partial charge is 0.316 e. The van der Waals surface area contributed by atoms with Gasteiger partial charge >= 0.3 is 0 Å². The molecule has 1 N–H and O–H groups in total. The molecule has 0 saturated heterocycles. The van der Waals surface area contributed by atoms with Gasteiger partial charge in [0.05, 0.1) is 0 Å². The fraction of sp³-hybridized carbons (Fsp3) is 0.471. The van der Waals surface area contributed by atoms with E-state index in [1.807, 2.05) is 17.9 Å². The summed E-state index contributed by atoms with van der Waals surface area (Å²) in [5.74, 6) is 1.17. The van der Waals surface area contributed by atoms with Gasteiger partial charge in [-0.25, -0.2) is 0 Å². The van der Waals surface area contributed by atoms with E-state index in [9.17, 15) is 0 Å². The molecule has 1 atom stereocenters. The summed E-state index contributed by atoms with van der Waals surface area (Å²) in [4.78, 5) is 0. The van der Waals surface area contributed by atoms with Crippen LogP contribution in [-0.4, -0.2) is 22.9 Å². The summed E-state index contributed by atoms with van der Waals surface area (Å²) in [5, 5.41) is 7.85. The van der Waals surface area contributed by atoms with Crippen molar-refractivity contribution in [1.29, 1.82) is 0 Å². The maximum absolute atomic E-state index is 4.27. The van der Waals surface area contributed by atoms with Gasteiger partial charge in [0.1, 0.15) is 0 Å². The second-order valence-corrected chi connectivity index (χ2v) is 5.81. The first kappa shape index (κ1) is 14.8. The quantitative estimate of drug-likeness (QED) is 0.839. The molecule has 1 unspecified atom stereocenters. The smallest absolute Gasteiger partial charge is 0.0492 e. The number of nitrogens with zero attached hydrogens (tertiary/aromatic N) is 2. The van der Waals surface area contributed by atoms with E-state index in [-0.39, 0.29) is 0 Å². The number of benzene rings is 1. The van der Waals surface area contributed by atoms with Crippen molar-refractivity contribution in [2.45, 2.75) is 26.2 Å². The van der Waals surface area contributed by atoms with E-state index in [0.717, 1.165) is 19.5 Å². The van der Waals surface area contributed by atoms with Gasteiger partial charge < -0.3 is 5.32 Å². The molecule has 108 valence electrons. The van der Waals surface area contributed by atoms with Crippen molar-refractivity contribution in [2.24, 2.45) is 13.0 Å². The third-order valence-corrected chi connectivity index (χ3v) is 3.59. The average molecular weight is 271 g/mol. The molecule has 1 heterocycles. The molecule has 1 aromatic carbocycles. The summed E-state index contributed by atoms with van der Waals surface area (Å²) < 4.78 is 1.97.